The van der Waals surface area contributed by atoms with Crippen molar-refractivity contribution >= 4 is 17.6 Å². The van der Waals surface area contributed by atoms with Crippen LogP contribution in [0.2, 0.25) is 0 Å². The SMILES string of the molecule is COc1cccc(-c2ccc(N3CCN(C(=O)CN(C[C@H]4CCCO4)C(=O)c4ccco4)CC3)nn2)c1. The molecule has 0 unspecified atom stereocenters. The topological polar surface area (TPSA) is 101 Å². The molecular formula is C27H31N5O5. The monoisotopic (exact) mass is 505 g/mol. The third-order valence-electron chi connectivity index (χ3n) is 6.77. The van der Waals surface area contributed by atoms with Crippen molar-refractivity contribution in [1.29, 1.82) is 0 Å². The fourth-order valence-corrected chi connectivity index (χ4v) is 4.69. The molecule has 0 saturated carbocycles. The summed E-state index contributed by atoms with van der Waals surface area (Å²) >= 11 is 0. The lowest BCUT2D eigenvalue weighted by Crippen LogP contribution is -2.52. The van der Waals surface area contributed by atoms with Crippen LogP contribution in [0.1, 0.15) is 23.4 Å². The highest BCUT2D eigenvalue weighted by atomic mass is 16.5. The molecule has 1 atom stereocenters. The first kappa shape index (κ1) is 24.8. The van der Waals surface area contributed by atoms with Gasteiger partial charge in [0, 0.05) is 44.9 Å². The van der Waals surface area contributed by atoms with Crippen LogP contribution < -0.4 is 9.64 Å². The predicted octanol–water partition coefficient (Wildman–Crippen LogP) is 2.72. The van der Waals surface area contributed by atoms with E-state index in [1.165, 1.54) is 6.26 Å². The Morgan fingerprint density at radius 1 is 1.08 bits per heavy atom. The minimum Gasteiger partial charge on any atom is -0.497 e. The van der Waals surface area contributed by atoms with E-state index in [-0.39, 0.29) is 30.2 Å². The fraction of sp³-hybridized carbons (Fsp3) is 0.407. The molecule has 4 heterocycles. The molecule has 3 aromatic rings. The van der Waals surface area contributed by atoms with Crippen molar-refractivity contribution in [3.05, 3.63) is 60.6 Å². The van der Waals surface area contributed by atoms with E-state index in [9.17, 15) is 9.59 Å². The molecular weight excluding hydrogens is 474 g/mol. The second-order valence-electron chi connectivity index (χ2n) is 9.17. The van der Waals surface area contributed by atoms with Gasteiger partial charge in [-0.25, -0.2) is 0 Å². The van der Waals surface area contributed by atoms with Gasteiger partial charge in [-0.3, -0.25) is 9.59 Å². The van der Waals surface area contributed by atoms with E-state index in [0.29, 0.717) is 39.3 Å². The van der Waals surface area contributed by atoms with Crippen molar-refractivity contribution in [1.82, 2.24) is 20.0 Å². The second-order valence-corrected chi connectivity index (χ2v) is 9.17. The average molecular weight is 506 g/mol. The Kier molecular flexibility index (Phi) is 7.65. The van der Waals surface area contributed by atoms with Crippen LogP contribution in [0, 0.1) is 0 Å². The number of hydrogen-bond donors (Lipinski definition) is 0. The summed E-state index contributed by atoms with van der Waals surface area (Å²) in [5.74, 6) is 1.39. The number of anilines is 1. The number of piperazine rings is 1. The second kappa shape index (κ2) is 11.4. The van der Waals surface area contributed by atoms with Crippen molar-refractivity contribution in [2.45, 2.75) is 18.9 Å². The molecule has 2 fully saturated rings. The molecule has 0 bridgehead atoms. The van der Waals surface area contributed by atoms with Gasteiger partial charge in [0.15, 0.2) is 11.6 Å². The van der Waals surface area contributed by atoms with Gasteiger partial charge in [-0.1, -0.05) is 12.1 Å². The Balaban J connectivity index is 1.18. The van der Waals surface area contributed by atoms with E-state index in [1.54, 1.807) is 29.0 Å². The molecule has 2 aromatic heterocycles. The number of carbonyl (C=O) groups excluding carboxylic acids is 2. The zero-order chi connectivity index (χ0) is 25.6. The van der Waals surface area contributed by atoms with Crippen LogP contribution in [-0.2, 0) is 9.53 Å². The molecule has 0 N–H and O–H groups in total. The Bertz CT molecular complexity index is 1190. The smallest absolute Gasteiger partial charge is 0.290 e. The van der Waals surface area contributed by atoms with Crippen LogP contribution in [0.3, 0.4) is 0 Å². The summed E-state index contributed by atoms with van der Waals surface area (Å²) in [7, 11) is 1.64. The normalized spacial score (nSPS) is 17.6. The third-order valence-corrected chi connectivity index (χ3v) is 6.77. The largest absolute Gasteiger partial charge is 0.497 e. The first-order valence-corrected chi connectivity index (χ1v) is 12.6. The molecule has 2 aliphatic rings. The van der Waals surface area contributed by atoms with Gasteiger partial charge >= 0.3 is 0 Å². The highest BCUT2D eigenvalue weighted by Gasteiger charge is 2.29. The summed E-state index contributed by atoms with van der Waals surface area (Å²) in [5, 5.41) is 8.81. The summed E-state index contributed by atoms with van der Waals surface area (Å²) in [4.78, 5) is 31.6. The van der Waals surface area contributed by atoms with E-state index in [2.05, 4.69) is 15.1 Å². The van der Waals surface area contributed by atoms with E-state index in [4.69, 9.17) is 13.9 Å². The minimum atomic E-state index is -0.293. The summed E-state index contributed by atoms with van der Waals surface area (Å²) in [6.45, 7) is 3.41. The number of amides is 2. The maximum atomic E-state index is 13.2. The number of rotatable bonds is 8. The van der Waals surface area contributed by atoms with Crippen molar-refractivity contribution in [2.75, 3.05) is 57.9 Å². The lowest BCUT2D eigenvalue weighted by Gasteiger charge is -2.36. The average Bonchev–Trinajstić information content (AvgIpc) is 3.67. The standard InChI is InChI=1S/C27H31N5O5/c1-35-21-6-2-5-20(17-21)23-9-10-25(29-28-23)30-11-13-31(14-12-30)26(33)19-32(18-22-7-3-15-36-22)27(34)24-8-4-16-37-24/h2,4-6,8-10,16-17,22H,3,7,11-15,18-19H2,1H3/t22-/m1/s1. The van der Waals surface area contributed by atoms with Crippen LogP contribution in [0.4, 0.5) is 5.82 Å². The third kappa shape index (κ3) is 5.91. The number of ether oxygens (including phenoxy) is 2. The molecule has 1 aromatic carbocycles. The molecule has 0 spiro atoms. The summed E-state index contributed by atoms with van der Waals surface area (Å²) in [6, 6.07) is 14.9. The summed E-state index contributed by atoms with van der Waals surface area (Å²) in [5.41, 5.74) is 1.70. The zero-order valence-electron chi connectivity index (χ0n) is 20.9. The summed E-state index contributed by atoms with van der Waals surface area (Å²) in [6.07, 6.45) is 3.26. The molecule has 2 aliphatic heterocycles. The number of aromatic nitrogens is 2. The molecule has 0 radical (unpaired) electrons. The van der Waals surface area contributed by atoms with Gasteiger partial charge in [-0.2, -0.15) is 0 Å². The van der Waals surface area contributed by atoms with E-state index < -0.39 is 0 Å². The highest BCUT2D eigenvalue weighted by molar-refractivity contribution is 5.94. The minimum absolute atomic E-state index is 0.00552. The molecule has 5 rings (SSSR count). The van der Waals surface area contributed by atoms with Gasteiger partial charge in [-0.05, 0) is 49.2 Å². The molecule has 2 amide bonds. The van der Waals surface area contributed by atoms with Gasteiger partial charge in [0.05, 0.1) is 25.2 Å². The van der Waals surface area contributed by atoms with E-state index >= 15 is 0 Å². The number of furan rings is 1. The van der Waals surface area contributed by atoms with Crippen molar-refractivity contribution < 1.29 is 23.5 Å². The lowest BCUT2D eigenvalue weighted by atomic mass is 10.1. The molecule has 194 valence electrons. The first-order chi connectivity index (χ1) is 18.1. The number of hydrogen-bond acceptors (Lipinski definition) is 8. The molecule has 10 heteroatoms. The molecule has 0 aliphatic carbocycles. The Hall–Kier alpha value is -3.92. The van der Waals surface area contributed by atoms with Crippen LogP contribution in [0.25, 0.3) is 11.3 Å². The number of benzene rings is 1. The van der Waals surface area contributed by atoms with Crippen LogP contribution in [-0.4, -0.2) is 90.9 Å². The Labute approximate surface area is 215 Å². The quantitative estimate of drug-likeness (QED) is 0.461. The fourth-order valence-electron chi connectivity index (χ4n) is 4.69. The molecule has 37 heavy (non-hydrogen) atoms. The van der Waals surface area contributed by atoms with Crippen LogP contribution in [0.5, 0.6) is 5.75 Å². The van der Waals surface area contributed by atoms with E-state index in [1.807, 2.05) is 36.4 Å². The van der Waals surface area contributed by atoms with Gasteiger partial charge in [0.1, 0.15) is 12.3 Å². The Morgan fingerprint density at radius 3 is 2.62 bits per heavy atom. The lowest BCUT2D eigenvalue weighted by molar-refractivity contribution is -0.132. The van der Waals surface area contributed by atoms with Gasteiger partial charge in [0.25, 0.3) is 5.91 Å². The first-order valence-electron chi connectivity index (χ1n) is 12.6. The van der Waals surface area contributed by atoms with Crippen LogP contribution in [0.15, 0.2) is 59.2 Å². The van der Waals surface area contributed by atoms with Crippen LogP contribution >= 0.6 is 0 Å². The molecule has 2 saturated heterocycles. The van der Waals surface area contributed by atoms with Gasteiger partial charge in [-0.15, -0.1) is 10.2 Å². The number of carbonyl (C=O) groups is 2. The Morgan fingerprint density at radius 2 is 1.95 bits per heavy atom. The maximum Gasteiger partial charge on any atom is 0.290 e. The van der Waals surface area contributed by atoms with E-state index in [0.717, 1.165) is 35.7 Å². The highest BCUT2D eigenvalue weighted by Crippen LogP contribution is 2.23. The van der Waals surface area contributed by atoms with Crippen molar-refractivity contribution in [3.63, 3.8) is 0 Å². The van der Waals surface area contributed by atoms with Gasteiger partial charge in [0.2, 0.25) is 5.91 Å². The van der Waals surface area contributed by atoms with Gasteiger partial charge < -0.3 is 28.6 Å². The number of methoxy groups -OCH3 is 1. The van der Waals surface area contributed by atoms with Crippen molar-refractivity contribution in [3.8, 4) is 17.0 Å². The number of nitrogens with zero attached hydrogens (tertiary/aromatic N) is 5. The summed E-state index contributed by atoms with van der Waals surface area (Å²) < 4.78 is 16.3. The maximum absolute atomic E-state index is 13.2. The predicted molar refractivity (Wildman–Crippen MR) is 136 cm³/mol. The zero-order valence-corrected chi connectivity index (χ0v) is 20.9. The van der Waals surface area contributed by atoms with Crippen molar-refractivity contribution in [2.24, 2.45) is 0 Å². The molecule has 10 nitrogen and oxygen atoms in total.